The van der Waals surface area contributed by atoms with Crippen molar-refractivity contribution in [3.05, 3.63) is 53.3 Å². The van der Waals surface area contributed by atoms with Crippen molar-refractivity contribution in [3.8, 4) is 0 Å². The molecule has 0 aliphatic carbocycles. The molecule has 0 bridgehead atoms. The molecule has 0 aliphatic heterocycles. The van der Waals surface area contributed by atoms with Crippen LogP contribution in [0.15, 0.2) is 42.6 Å². The standard InChI is InChI=1S/C13H10ClN3S/c14-9-4-5-12-11(7-9)17-13(18-12)16-8-10-3-1-2-6-15-10/h1-7H,8H2,(H,16,17). The highest BCUT2D eigenvalue weighted by molar-refractivity contribution is 7.22. The average Bonchev–Trinajstić information content (AvgIpc) is 2.79. The highest BCUT2D eigenvalue weighted by atomic mass is 35.5. The number of benzene rings is 1. The van der Waals surface area contributed by atoms with Crippen LogP contribution in [0.25, 0.3) is 10.2 Å². The minimum Gasteiger partial charge on any atom is -0.356 e. The van der Waals surface area contributed by atoms with E-state index in [9.17, 15) is 0 Å². The summed E-state index contributed by atoms with van der Waals surface area (Å²) >= 11 is 7.55. The van der Waals surface area contributed by atoms with Crippen LogP contribution in [0.4, 0.5) is 5.13 Å². The lowest BCUT2D eigenvalue weighted by Gasteiger charge is -2.00. The van der Waals surface area contributed by atoms with Gasteiger partial charge in [0.2, 0.25) is 0 Å². The van der Waals surface area contributed by atoms with Crippen molar-refractivity contribution in [1.29, 1.82) is 0 Å². The Hall–Kier alpha value is -1.65. The Morgan fingerprint density at radius 3 is 3.00 bits per heavy atom. The van der Waals surface area contributed by atoms with Crippen LogP contribution in [0.2, 0.25) is 5.02 Å². The molecular formula is C13H10ClN3S. The molecule has 2 aromatic heterocycles. The van der Waals surface area contributed by atoms with Crippen molar-refractivity contribution in [2.24, 2.45) is 0 Å². The largest absolute Gasteiger partial charge is 0.356 e. The van der Waals surface area contributed by atoms with Crippen LogP contribution in [0, 0.1) is 0 Å². The second-order valence-corrected chi connectivity index (χ2v) is 5.27. The molecule has 1 aromatic carbocycles. The molecule has 5 heteroatoms. The molecule has 0 saturated carbocycles. The average molecular weight is 276 g/mol. The van der Waals surface area contributed by atoms with Crippen molar-refractivity contribution >= 4 is 38.3 Å². The van der Waals surface area contributed by atoms with Gasteiger partial charge in [0.05, 0.1) is 22.5 Å². The number of aromatic nitrogens is 2. The maximum atomic E-state index is 5.94. The molecule has 2 heterocycles. The minimum atomic E-state index is 0.675. The van der Waals surface area contributed by atoms with Crippen LogP contribution in [0.3, 0.4) is 0 Å². The summed E-state index contributed by atoms with van der Waals surface area (Å²) in [5, 5.41) is 4.87. The van der Waals surface area contributed by atoms with Gasteiger partial charge in [0.15, 0.2) is 5.13 Å². The fourth-order valence-electron chi connectivity index (χ4n) is 1.65. The van der Waals surface area contributed by atoms with Gasteiger partial charge in [-0.05, 0) is 30.3 Å². The van der Waals surface area contributed by atoms with Crippen LogP contribution in [0.5, 0.6) is 0 Å². The maximum absolute atomic E-state index is 5.94. The quantitative estimate of drug-likeness (QED) is 0.786. The molecule has 0 spiro atoms. The van der Waals surface area contributed by atoms with E-state index in [1.54, 1.807) is 17.5 Å². The predicted octanol–water partition coefficient (Wildman–Crippen LogP) is 3.96. The molecule has 3 aromatic rings. The highest BCUT2D eigenvalue weighted by Gasteiger charge is 2.04. The van der Waals surface area contributed by atoms with Crippen molar-refractivity contribution in [3.63, 3.8) is 0 Å². The third-order valence-electron chi connectivity index (χ3n) is 2.50. The Morgan fingerprint density at radius 1 is 1.22 bits per heavy atom. The third-order valence-corrected chi connectivity index (χ3v) is 3.73. The van der Waals surface area contributed by atoms with Gasteiger partial charge in [0.25, 0.3) is 0 Å². The highest BCUT2D eigenvalue weighted by Crippen LogP contribution is 2.28. The lowest BCUT2D eigenvalue weighted by Crippen LogP contribution is -2.00. The summed E-state index contributed by atoms with van der Waals surface area (Å²) in [5.74, 6) is 0. The second kappa shape index (κ2) is 4.92. The summed E-state index contributed by atoms with van der Waals surface area (Å²) in [6.07, 6.45) is 1.79. The van der Waals surface area contributed by atoms with Gasteiger partial charge in [-0.1, -0.05) is 29.0 Å². The van der Waals surface area contributed by atoms with Crippen molar-refractivity contribution in [1.82, 2.24) is 9.97 Å². The first-order valence-corrected chi connectivity index (χ1v) is 6.70. The Morgan fingerprint density at radius 2 is 2.17 bits per heavy atom. The zero-order valence-corrected chi connectivity index (χ0v) is 11.0. The summed E-state index contributed by atoms with van der Waals surface area (Å²) in [7, 11) is 0. The molecule has 0 fully saturated rings. The SMILES string of the molecule is Clc1ccc2sc(NCc3ccccn3)nc2c1. The molecule has 0 atom stereocenters. The lowest BCUT2D eigenvalue weighted by atomic mass is 10.3. The molecule has 3 nitrogen and oxygen atoms in total. The molecule has 0 unspecified atom stereocenters. The Balaban J connectivity index is 1.79. The van der Waals surface area contributed by atoms with E-state index in [2.05, 4.69) is 15.3 Å². The van der Waals surface area contributed by atoms with E-state index in [0.29, 0.717) is 11.6 Å². The molecule has 0 amide bonds. The monoisotopic (exact) mass is 275 g/mol. The van der Waals surface area contributed by atoms with Gasteiger partial charge in [-0.2, -0.15) is 0 Å². The Bertz CT molecular complexity index is 666. The van der Waals surface area contributed by atoms with Crippen LogP contribution >= 0.6 is 22.9 Å². The molecule has 0 saturated heterocycles. The molecule has 0 radical (unpaired) electrons. The van der Waals surface area contributed by atoms with Crippen molar-refractivity contribution in [2.45, 2.75) is 6.54 Å². The minimum absolute atomic E-state index is 0.675. The zero-order chi connectivity index (χ0) is 12.4. The smallest absolute Gasteiger partial charge is 0.184 e. The number of anilines is 1. The van der Waals surface area contributed by atoms with Crippen molar-refractivity contribution in [2.75, 3.05) is 5.32 Å². The first kappa shape index (κ1) is 11.4. The summed E-state index contributed by atoms with van der Waals surface area (Å²) < 4.78 is 1.13. The van der Waals surface area contributed by atoms with Gasteiger partial charge in [0.1, 0.15) is 0 Å². The summed E-state index contributed by atoms with van der Waals surface area (Å²) in [4.78, 5) is 8.74. The van der Waals surface area contributed by atoms with E-state index in [-0.39, 0.29) is 0 Å². The van der Waals surface area contributed by atoms with Gasteiger partial charge in [-0.15, -0.1) is 0 Å². The van der Waals surface area contributed by atoms with E-state index in [1.165, 1.54) is 0 Å². The number of halogens is 1. The van der Waals surface area contributed by atoms with Crippen LogP contribution < -0.4 is 5.32 Å². The number of thiazole rings is 1. The van der Waals surface area contributed by atoms with E-state index in [4.69, 9.17) is 11.6 Å². The molecule has 0 aliphatic rings. The number of fused-ring (bicyclic) bond motifs is 1. The van der Waals surface area contributed by atoms with E-state index in [0.717, 1.165) is 21.0 Å². The molecule has 18 heavy (non-hydrogen) atoms. The van der Waals surface area contributed by atoms with Crippen LogP contribution in [-0.4, -0.2) is 9.97 Å². The first-order valence-electron chi connectivity index (χ1n) is 5.51. The van der Waals surface area contributed by atoms with Gasteiger partial charge in [-0.3, -0.25) is 4.98 Å². The number of hydrogen-bond acceptors (Lipinski definition) is 4. The van der Waals surface area contributed by atoms with E-state index < -0.39 is 0 Å². The van der Waals surface area contributed by atoms with Gasteiger partial charge >= 0.3 is 0 Å². The molecule has 90 valence electrons. The molecular weight excluding hydrogens is 266 g/mol. The van der Waals surface area contributed by atoms with Gasteiger partial charge in [-0.25, -0.2) is 4.98 Å². The summed E-state index contributed by atoms with van der Waals surface area (Å²) in [5.41, 5.74) is 1.92. The van der Waals surface area contributed by atoms with E-state index >= 15 is 0 Å². The molecule has 1 N–H and O–H groups in total. The first-order chi connectivity index (χ1) is 8.81. The predicted molar refractivity (Wildman–Crippen MR) is 76.2 cm³/mol. The van der Waals surface area contributed by atoms with Gasteiger partial charge in [0, 0.05) is 11.2 Å². The van der Waals surface area contributed by atoms with Crippen LogP contribution in [0.1, 0.15) is 5.69 Å². The third kappa shape index (κ3) is 2.44. The van der Waals surface area contributed by atoms with Crippen molar-refractivity contribution < 1.29 is 0 Å². The van der Waals surface area contributed by atoms with Gasteiger partial charge < -0.3 is 5.32 Å². The maximum Gasteiger partial charge on any atom is 0.184 e. The fraction of sp³-hybridized carbons (Fsp3) is 0.0769. The fourth-order valence-corrected chi connectivity index (χ4v) is 2.65. The number of rotatable bonds is 3. The summed E-state index contributed by atoms with van der Waals surface area (Å²) in [6.45, 7) is 0.675. The summed E-state index contributed by atoms with van der Waals surface area (Å²) in [6, 6.07) is 11.6. The molecule has 3 rings (SSSR count). The zero-order valence-electron chi connectivity index (χ0n) is 9.43. The van der Waals surface area contributed by atoms with Crippen LogP contribution in [-0.2, 0) is 6.54 Å². The van der Waals surface area contributed by atoms with E-state index in [1.807, 2.05) is 36.4 Å². The number of nitrogens with one attached hydrogen (secondary N) is 1. The number of nitrogens with zero attached hydrogens (tertiary/aromatic N) is 2. The number of pyridine rings is 1. The lowest BCUT2D eigenvalue weighted by molar-refractivity contribution is 1.04. The topological polar surface area (TPSA) is 37.8 Å². The second-order valence-electron chi connectivity index (χ2n) is 3.81. The Labute approximate surface area is 113 Å². The number of hydrogen-bond donors (Lipinski definition) is 1. The Kier molecular flexibility index (Phi) is 3.13. The normalized spacial score (nSPS) is 10.7.